The van der Waals surface area contributed by atoms with Crippen LogP contribution in [-0.2, 0) is 4.79 Å². The molecule has 1 saturated heterocycles. The molecule has 0 bridgehead atoms. The molecule has 0 spiro atoms. The van der Waals surface area contributed by atoms with Crippen molar-refractivity contribution >= 4 is 5.91 Å². The van der Waals surface area contributed by atoms with Crippen LogP contribution in [-0.4, -0.2) is 61.0 Å². The SMILES string of the molecule is CC1CCCC(N(C)C(C)C(=O)N2CCNCC2)C1. The van der Waals surface area contributed by atoms with Gasteiger partial charge < -0.3 is 10.2 Å². The quantitative estimate of drug-likeness (QED) is 0.837. The second-order valence-corrected chi connectivity index (χ2v) is 6.34. The fourth-order valence-electron chi connectivity index (χ4n) is 3.41. The summed E-state index contributed by atoms with van der Waals surface area (Å²) in [7, 11) is 2.13. The number of carbonyl (C=O) groups excluding carboxylic acids is 1. The van der Waals surface area contributed by atoms with Gasteiger partial charge in [0.1, 0.15) is 0 Å². The predicted molar refractivity (Wildman–Crippen MR) is 78.1 cm³/mol. The van der Waals surface area contributed by atoms with E-state index in [0.29, 0.717) is 11.9 Å². The van der Waals surface area contributed by atoms with Crippen LogP contribution < -0.4 is 5.32 Å². The average molecular weight is 267 g/mol. The van der Waals surface area contributed by atoms with Gasteiger partial charge in [-0.15, -0.1) is 0 Å². The number of piperazine rings is 1. The minimum Gasteiger partial charge on any atom is -0.339 e. The second kappa shape index (κ2) is 6.71. The number of nitrogens with zero attached hydrogens (tertiary/aromatic N) is 2. The van der Waals surface area contributed by atoms with E-state index in [1.165, 1.54) is 25.7 Å². The molecule has 1 amide bonds. The summed E-state index contributed by atoms with van der Waals surface area (Å²) in [5.41, 5.74) is 0. The molecule has 3 unspecified atom stereocenters. The zero-order valence-corrected chi connectivity index (χ0v) is 12.7. The van der Waals surface area contributed by atoms with Gasteiger partial charge in [0.05, 0.1) is 6.04 Å². The predicted octanol–water partition coefficient (Wildman–Crippen LogP) is 1.32. The first-order chi connectivity index (χ1) is 9.09. The molecule has 0 radical (unpaired) electrons. The van der Waals surface area contributed by atoms with Crippen molar-refractivity contribution in [1.82, 2.24) is 15.1 Å². The molecule has 1 saturated carbocycles. The van der Waals surface area contributed by atoms with Crippen LogP contribution >= 0.6 is 0 Å². The van der Waals surface area contributed by atoms with Gasteiger partial charge >= 0.3 is 0 Å². The van der Waals surface area contributed by atoms with E-state index in [0.717, 1.165) is 32.1 Å². The molecule has 1 aliphatic carbocycles. The van der Waals surface area contributed by atoms with Gasteiger partial charge in [0.2, 0.25) is 5.91 Å². The molecule has 0 aromatic heterocycles. The molecule has 2 aliphatic rings. The molecule has 4 nitrogen and oxygen atoms in total. The number of nitrogens with one attached hydrogen (secondary N) is 1. The summed E-state index contributed by atoms with van der Waals surface area (Å²) in [5, 5.41) is 3.30. The minimum atomic E-state index is 0.0217. The van der Waals surface area contributed by atoms with Crippen LogP contribution in [0.4, 0.5) is 0 Å². The first-order valence-corrected chi connectivity index (χ1v) is 7.81. The summed E-state index contributed by atoms with van der Waals surface area (Å²) < 4.78 is 0. The highest BCUT2D eigenvalue weighted by molar-refractivity contribution is 5.81. The maximum Gasteiger partial charge on any atom is 0.239 e. The Morgan fingerprint density at radius 2 is 2.00 bits per heavy atom. The van der Waals surface area contributed by atoms with Gasteiger partial charge in [-0.05, 0) is 32.7 Å². The van der Waals surface area contributed by atoms with Crippen molar-refractivity contribution < 1.29 is 4.79 Å². The third kappa shape index (κ3) is 3.69. The fourth-order valence-corrected chi connectivity index (χ4v) is 3.41. The highest BCUT2D eigenvalue weighted by Gasteiger charge is 2.30. The zero-order chi connectivity index (χ0) is 13.8. The molecule has 19 heavy (non-hydrogen) atoms. The Bertz CT molecular complexity index is 302. The van der Waals surface area contributed by atoms with Gasteiger partial charge in [-0.3, -0.25) is 9.69 Å². The molecule has 4 heteroatoms. The van der Waals surface area contributed by atoms with Crippen LogP contribution in [0.3, 0.4) is 0 Å². The molecular formula is C15H29N3O. The maximum atomic E-state index is 12.5. The first-order valence-electron chi connectivity index (χ1n) is 7.81. The highest BCUT2D eigenvalue weighted by Crippen LogP contribution is 2.27. The number of rotatable bonds is 3. The Morgan fingerprint density at radius 3 is 2.63 bits per heavy atom. The van der Waals surface area contributed by atoms with Crippen molar-refractivity contribution in [3.05, 3.63) is 0 Å². The monoisotopic (exact) mass is 267 g/mol. The normalized spacial score (nSPS) is 30.4. The van der Waals surface area contributed by atoms with E-state index in [2.05, 4.69) is 31.1 Å². The summed E-state index contributed by atoms with van der Waals surface area (Å²) in [5.74, 6) is 1.12. The smallest absolute Gasteiger partial charge is 0.239 e. The number of amides is 1. The molecule has 1 aliphatic heterocycles. The summed E-state index contributed by atoms with van der Waals surface area (Å²) in [6.07, 6.45) is 5.16. The molecule has 1 heterocycles. The number of hydrogen-bond donors (Lipinski definition) is 1. The molecule has 0 aromatic carbocycles. The van der Waals surface area contributed by atoms with E-state index >= 15 is 0 Å². The third-order valence-corrected chi connectivity index (χ3v) is 4.88. The van der Waals surface area contributed by atoms with E-state index in [-0.39, 0.29) is 6.04 Å². The van der Waals surface area contributed by atoms with E-state index in [1.807, 2.05) is 4.90 Å². The summed E-state index contributed by atoms with van der Waals surface area (Å²) in [6.45, 7) is 7.99. The van der Waals surface area contributed by atoms with E-state index in [9.17, 15) is 4.79 Å². The van der Waals surface area contributed by atoms with E-state index < -0.39 is 0 Å². The lowest BCUT2D eigenvalue weighted by Gasteiger charge is -2.39. The van der Waals surface area contributed by atoms with Crippen molar-refractivity contribution in [1.29, 1.82) is 0 Å². The molecule has 2 fully saturated rings. The van der Waals surface area contributed by atoms with Gasteiger partial charge in [0, 0.05) is 32.2 Å². The van der Waals surface area contributed by atoms with Crippen molar-refractivity contribution in [3.63, 3.8) is 0 Å². The Hall–Kier alpha value is -0.610. The molecule has 3 atom stereocenters. The van der Waals surface area contributed by atoms with Crippen molar-refractivity contribution in [2.75, 3.05) is 33.2 Å². The second-order valence-electron chi connectivity index (χ2n) is 6.34. The topological polar surface area (TPSA) is 35.6 Å². The Balaban J connectivity index is 1.89. The molecule has 110 valence electrons. The Morgan fingerprint density at radius 1 is 1.32 bits per heavy atom. The Labute approximate surface area is 117 Å². The van der Waals surface area contributed by atoms with Crippen LogP contribution in [0.1, 0.15) is 39.5 Å². The Kier molecular flexibility index (Phi) is 5.22. The van der Waals surface area contributed by atoms with Crippen LogP contribution in [0.5, 0.6) is 0 Å². The molecule has 1 N–H and O–H groups in total. The van der Waals surface area contributed by atoms with Crippen LogP contribution in [0.25, 0.3) is 0 Å². The van der Waals surface area contributed by atoms with Gasteiger partial charge in [-0.2, -0.15) is 0 Å². The summed E-state index contributed by atoms with van der Waals surface area (Å²) in [4.78, 5) is 16.9. The lowest BCUT2D eigenvalue weighted by atomic mass is 9.86. The molecule has 0 aromatic rings. The van der Waals surface area contributed by atoms with Gasteiger partial charge in [0.15, 0.2) is 0 Å². The van der Waals surface area contributed by atoms with Crippen LogP contribution in [0.2, 0.25) is 0 Å². The minimum absolute atomic E-state index is 0.0217. The first kappa shape index (κ1) is 14.8. The van der Waals surface area contributed by atoms with Crippen LogP contribution in [0, 0.1) is 5.92 Å². The standard InChI is InChI=1S/C15H29N3O/c1-12-5-4-6-14(11-12)17(3)13(2)15(19)18-9-7-16-8-10-18/h12-14,16H,4-11H2,1-3H3. The number of likely N-dealkylation sites (N-methyl/N-ethyl adjacent to an activating group) is 1. The zero-order valence-electron chi connectivity index (χ0n) is 12.7. The summed E-state index contributed by atoms with van der Waals surface area (Å²) in [6, 6.07) is 0.610. The molecule has 2 rings (SSSR count). The summed E-state index contributed by atoms with van der Waals surface area (Å²) >= 11 is 0. The van der Waals surface area contributed by atoms with Crippen molar-refractivity contribution in [2.24, 2.45) is 5.92 Å². The average Bonchev–Trinajstić information content (AvgIpc) is 2.46. The largest absolute Gasteiger partial charge is 0.339 e. The van der Waals surface area contributed by atoms with Crippen molar-refractivity contribution in [2.45, 2.75) is 51.6 Å². The van der Waals surface area contributed by atoms with Gasteiger partial charge in [0.25, 0.3) is 0 Å². The van der Waals surface area contributed by atoms with Crippen LogP contribution in [0.15, 0.2) is 0 Å². The van der Waals surface area contributed by atoms with E-state index in [4.69, 9.17) is 0 Å². The maximum absolute atomic E-state index is 12.5. The van der Waals surface area contributed by atoms with E-state index in [1.54, 1.807) is 0 Å². The number of hydrogen-bond acceptors (Lipinski definition) is 3. The lowest BCUT2D eigenvalue weighted by Crippen LogP contribution is -2.54. The molecular weight excluding hydrogens is 238 g/mol. The third-order valence-electron chi connectivity index (χ3n) is 4.88. The highest BCUT2D eigenvalue weighted by atomic mass is 16.2. The lowest BCUT2D eigenvalue weighted by molar-refractivity contribution is -0.137. The van der Waals surface area contributed by atoms with Crippen molar-refractivity contribution in [3.8, 4) is 0 Å². The number of carbonyl (C=O) groups is 1. The van der Waals surface area contributed by atoms with Gasteiger partial charge in [-0.25, -0.2) is 0 Å². The van der Waals surface area contributed by atoms with Gasteiger partial charge in [-0.1, -0.05) is 19.8 Å². The fraction of sp³-hybridized carbons (Fsp3) is 0.933.